The SMILES string of the molecule is COc1cccc(N2C[C@@]34C=C[C@@H](O3)[C@H](C(=O)N[C@@H](C)CCCC(C)C)[C@H]4C2=O)c1. The monoisotopic (exact) mass is 412 g/mol. The third-order valence-electron chi connectivity index (χ3n) is 6.58. The lowest BCUT2D eigenvalue weighted by Gasteiger charge is -2.25. The van der Waals surface area contributed by atoms with Crippen LogP contribution < -0.4 is 15.0 Å². The highest BCUT2D eigenvalue weighted by molar-refractivity contribution is 6.03. The molecule has 5 atom stereocenters. The van der Waals surface area contributed by atoms with Gasteiger partial charge in [-0.3, -0.25) is 9.59 Å². The van der Waals surface area contributed by atoms with Gasteiger partial charge in [-0.1, -0.05) is 44.9 Å². The van der Waals surface area contributed by atoms with E-state index in [2.05, 4.69) is 19.2 Å². The number of hydrogen-bond donors (Lipinski definition) is 1. The molecule has 1 aromatic carbocycles. The Balaban J connectivity index is 1.48. The molecule has 1 aromatic rings. The van der Waals surface area contributed by atoms with E-state index in [1.807, 2.05) is 43.3 Å². The van der Waals surface area contributed by atoms with Gasteiger partial charge < -0.3 is 19.7 Å². The summed E-state index contributed by atoms with van der Waals surface area (Å²) in [5.74, 6) is 0.264. The highest BCUT2D eigenvalue weighted by atomic mass is 16.5. The van der Waals surface area contributed by atoms with Crippen LogP contribution in [0.1, 0.15) is 40.0 Å². The van der Waals surface area contributed by atoms with Crippen LogP contribution in [0.5, 0.6) is 5.75 Å². The van der Waals surface area contributed by atoms with E-state index >= 15 is 0 Å². The van der Waals surface area contributed by atoms with E-state index in [1.165, 1.54) is 0 Å². The molecule has 1 N–H and O–H groups in total. The second kappa shape index (κ2) is 8.06. The van der Waals surface area contributed by atoms with Crippen LogP contribution in [-0.4, -0.2) is 43.2 Å². The van der Waals surface area contributed by atoms with Crippen molar-refractivity contribution in [2.45, 2.75) is 57.8 Å². The molecule has 3 heterocycles. The van der Waals surface area contributed by atoms with E-state index in [1.54, 1.807) is 12.0 Å². The molecule has 2 fully saturated rings. The van der Waals surface area contributed by atoms with Crippen molar-refractivity contribution in [1.82, 2.24) is 5.32 Å². The van der Waals surface area contributed by atoms with E-state index in [4.69, 9.17) is 9.47 Å². The van der Waals surface area contributed by atoms with Crippen molar-refractivity contribution in [3.63, 3.8) is 0 Å². The largest absolute Gasteiger partial charge is 0.497 e. The predicted octanol–water partition coefficient (Wildman–Crippen LogP) is 3.31. The zero-order chi connectivity index (χ0) is 21.5. The second-order valence-electron chi connectivity index (χ2n) is 9.26. The van der Waals surface area contributed by atoms with Crippen LogP contribution in [0.15, 0.2) is 36.4 Å². The quantitative estimate of drug-likeness (QED) is 0.665. The number of nitrogens with zero attached hydrogens (tertiary/aromatic N) is 1. The van der Waals surface area contributed by atoms with Crippen molar-refractivity contribution in [3.05, 3.63) is 36.4 Å². The van der Waals surface area contributed by atoms with Gasteiger partial charge in [-0.25, -0.2) is 0 Å². The molecule has 6 nitrogen and oxygen atoms in total. The number of anilines is 1. The van der Waals surface area contributed by atoms with Gasteiger partial charge in [0.25, 0.3) is 0 Å². The summed E-state index contributed by atoms with van der Waals surface area (Å²) in [5.41, 5.74) is 0.0538. The minimum atomic E-state index is -0.715. The number of benzene rings is 1. The summed E-state index contributed by atoms with van der Waals surface area (Å²) in [5, 5.41) is 3.14. The molecule has 6 heteroatoms. The number of nitrogens with one attached hydrogen (secondary N) is 1. The van der Waals surface area contributed by atoms with Crippen LogP contribution in [0.2, 0.25) is 0 Å². The summed E-state index contributed by atoms with van der Waals surface area (Å²) in [7, 11) is 1.61. The summed E-state index contributed by atoms with van der Waals surface area (Å²) < 4.78 is 11.5. The summed E-state index contributed by atoms with van der Waals surface area (Å²) in [6.45, 7) is 6.88. The highest BCUT2D eigenvalue weighted by Crippen LogP contribution is 2.52. The topological polar surface area (TPSA) is 67.9 Å². The van der Waals surface area contributed by atoms with Crippen molar-refractivity contribution < 1.29 is 19.1 Å². The van der Waals surface area contributed by atoms with Gasteiger partial charge in [0.2, 0.25) is 11.8 Å². The molecule has 0 saturated carbocycles. The number of ether oxygens (including phenoxy) is 2. The van der Waals surface area contributed by atoms with Crippen LogP contribution >= 0.6 is 0 Å². The fourth-order valence-electron chi connectivity index (χ4n) is 5.04. The van der Waals surface area contributed by atoms with Gasteiger partial charge in [0.1, 0.15) is 11.4 Å². The third-order valence-corrected chi connectivity index (χ3v) is 6.58. The van der Waals surface area contributed by atoms with E-state index in [0.717, 1.165) is 24.9 Å². The number of rotatable bonds is 8. The van der Waals surface area contributed by atoms with Crippen molar-refractivity contribution in [1.29, 1.82) is 0 Å². The fourth-order valence-corrected chi connectivity index (χ4v) is 5.04. The number of fused-ring (bicyclic) bond motifs is 1. The predicted molar refractivity (Wildman–Crippen MR) is 115 cm³/mol. The molecule has 0 unspecified atom stereocenters. The number of carbonyl (C=O) groups is 2. The summed E-state index contributed by atoms with van der Waals surface area (Å²) >= 11 is 0. The van der Waals surface area contributed by atoms with E-state index < -0.39 is 17.4 Å². The molecule has 4 rings (SSSR count). The Morgan fingerprint density at radius 1 is 1.33 bits per heavy atom. The van der Waals surface area contributed by atoms with E-state index in [0.29, 0.717) is 18.2 Å². The molecule has 1 spiro atoms. The Hall–Kier alpha value is -2.34. The lowest BCUT2D eigenvalue weighted by Crippen LogP contribution is -2.46. The molecule has 0 radical (unpaired) electrons. The first-order valence-corrected chi connectivity index (χ1v) is 11.0. The Morgan fingerprint density at radius 2 is 2.13 bits per heavy atom. The summed E-state index contributed by atoms with van der Waals surface area (Å²) in [4.78, 5) is 28.3. The lowest BCUT2D eigenvalue weighted by molar-refractivity contribution is -0.132. The lowest BCUT2D eigenvalue weighted by atomic mass is 9.76. The molecule has 30 heavy (non-hydrogen) atoms. The Bertz CT molecular complexity index is 851. The molecule has 3 aliphatic heterocycles. The molecule has 162 valence electrons. The molecule has 0 aromatic heterocycles. The summed E-state index contributed by atoms with van der Waals surface area (Å²) in [6.07, 6.45) is 6.78. The van der Waals surface area contributed by atoms with Gasteiger partial charge in [-0.05, 0) is 31.4 Å². The Labute approximate surface area is 178 Å². The zero-order valence-corrected chi connectivity index (χ0v) is 18.3. The molecule has 2 amide bonds. The maximum absolute atomic E-state index is 13.4. The van der Waals surface area contributed by atoms with Gasteiger partial charge in [-0.2, -0.15) is 0 Å². The zero-order valence-electron chi connectivity index (χ0n) is 18.3. The standard InChI is InChI=1S/C24H32N2O4/c1-15(2)7-5-8-16(3)25-22(27)20-19-11-12-24(30-19)14-26(23(28)21(20)24)17-9-6-10-18(13-17)29-4/h6,9-13,15-16,19-21H,5,7-8,14H2,1-4H3,(H,25,27)/t16-,19+,20-,21-,24+/m0/s1. The smallest absolute Gasteiger partial charge is 0.234 e. The minimum Gasteiger partial charge on any atom is -0.497 e. The van der Waals surface area contributed by atoms with E-state index in [9.17, 15) is 9.59 Å². The Morgan fingerprint density at radius 3 is 2.87 bits per heavy atom. The van der Waals surface area contributed by atoms with Gasteiger partial charge in [-0.15, -0.1) is 0 Å². The fraction of sp³-hybridized carbons (Fsp3) is 0.583. The van der Waals surface area contributed by atoms with Gasteiger partial charge >= 0.3 is 0 Å². The van der Waals surface area contributed by atoms with E-state index in [-0.39, 0.29) is 24.0 Å². The van der Waals surface area contributed by atoms with Crippen LogP contribution in [0.3, 0.4) is 0 Å². The maximum atomic E-state index is 13.4. The first-order valence-electron chi connectivity index (χ1n) is 11.0. The average Bonchev–Trinajstić information content (AvgIpc) is 3.36. The van der Waals surface area contributed by atoms with Gasteiger partial charge in [0, 0.05) is 17.8 Å². The summed E-state index contributed by atoms with van der Waals surface area (Å²) in [6, 6.07) is 7.53. The average molecular weight is 413 g/mol. The third kappa shape index (κ3) is 3.62. The minimum absolute atomic E-state index is 0.0530. The first kappa shape index (κ1) is 20.9. The van der Waals surface area contributed by atoms with Crippen LogP contribution in [0, 0.1) is 17.8 Å². The van der Waals surface area contributed by atoms with Gasteiger partial charge in [0.15, 0.2) is 0 Å². The maximum Gasteiger partial charge on any atom is 0.234 e. The molecule has 2 saturated heterocycles. The normalized spacial score (nSPS) is 30.1. The van der Waals surface area contributed by atoms with Gasteiger partial charge in [0.05, 0.1) is 31.6 Å². The van der Waals surface area contributed by atoms with Crippen molar-refractivity contribution in [2.75, 3.05) is 18.6 Å². The molecule has 2 bridgehead atoms. The molecular weight excluding hydrogens is 380 g/mol. The number of methoxy groups -OCH3 is 1. The molecule has 3 aliphatic rings. The van der Waals surface area contributed by atoms with Crippen LogP contribution in [0.4, 0.5) is 5.69 Å². The number of amides is 2. The second-order valence-corrected chi connectivity index (χ2v) is 9.26. The van der Waals surface area contributed by atoms with Crippen LogP contribution in [0.25, 0.3) is 0 Å². The van der Waals surface area contributed by atoms with Crippen molar-refractivity contribution >= 4 is 17.5 Å². The number of hydrogen-bond acceptors (Lipinski definition) is 4. The van der Waals surface area contributed by atoms with Crippen molar-refractivity contribution in [2.24, 2.45) is 17.8 Å². The van der Waals surface area contributed by atoms with Crippen molar-refractivity contribution in [3.8, 4) is 5.75 Å². The first-order chi connectivity index (χ1) is 14.3. The molecule has 0 aliphatic carbocycles. The van der Waals surface area contributed by atoms with Crippen LogP contribution in [-0.2, 0) is 14.3 Å². The Kier molecular flexibility index (Phi) is 5.62. The molecular formula is C24H32N2O4. The highest BCUT2D eigenvalue weighted by Gasteiger charge is 2.67. The number of carbonyl (C=O) groups excluding carboxylic acids is 2.